The second-order valence-corrected chi connectivity index (χ2v) is 8.48. The predicted molar refractivity (Wildman–Crippen MR) is 132 cm³/mol. The molecule has 1 aliphatic rings. The fourth-order valence-corrected chi connectivity index (χ4v) is 3.81. The van der Waals surface area contributed by atoms with E-state index in [9.17, 15) is 14.9 Å². The Labute approximate surface area is 199 Å². The van der Waals surface area contributed by atoms with E-state index in [1.165, 1.54) is 12.1 Å². The van der Waals surface area contributed by atoms with Gasteiger partial charge in [0.15, 0.2) is 0 Å². The van der Waals surface area contributed by atoms with Crippen molar-refractivity contribution in [1.82, 2.24) is 0 Å². The van der Waals surface area contributed by atoms with E-state index in [0.29, 0.717) is 24.1 Å². The first-order valence-electron chi connectivity index (χ1n) is 11.4. The third kappa shape index (κ3) is 7.13. The van der Waals surface area contributed by atoms with Gasteiger partial charge in [-0.3, -0.25) is 10.1 Å². The number of rotatable bonds is 4. The molecule has 7 heteroatoms. The highest BCUT2D eigenvalue weighted by atomic mass is 16.6. The van der Waals surface area contributed by atoms with E-state index in [1.807, 2.05) is 51.1 Å². The van der Waals surface area contributed by atoms with E-state index in [4.69, 9.17) is 9.57 Å². The summed E-state index contributed by atoms with van der Waals surface area (Å²) < 4.78 is 5.72. The number of fused-ring (bicyclic) bond motifs is 1. The number of aryl methyl sites for hydroxylation is 2. The van der Waals surface area contributed by atoms with Gasteiger partial charge in [0.05, 0.1) is 16.2 Å². The molecule has 0 radical (unpaired) electrons. The van der Waals surface area contributed by atoms with E-state index in [1.54, 1.807) is 12.1 Å². The normalized spacial score (nSPS) is 20.0. The molecule has 0 spiro atoms. The SMILES string of the molecule is Cc1cc(C)c2c(c1)CC(=N/OCc1ccc([N+](=O)[O-])cc1)/C=C/CC/C=C/CC(C)OC2=O. The van der Waals surface area contributed by atoms with Crippen molar-refractivity contribution in [3.63, 3.8) is 0 Å². The van der Waals surface area contributed by atoms with Gasteiger partial charge in [-0.05, 0) is 68.5 Å². The Morgan fingerprint density at radius 2 is 1.85 bits per heavy atom. The molecule has 34 heavy (non-hydrogen) atoms. The lowest BCUT2D eigenvalue weighted by Gasteiger charge is -2.17. The molecule has 0 aromatic heterocycles. The molecule has 0 fully saturated rings. The van der Waals surface area contributed by atoms with Crippen LogP contribution in [-0.2, 0) is 22.6 Å². The molecule has 2 aromatic rings. The molecule has 0 saturated carbocycles. The van der Waals surface area contributed by atoms with Crippen molar-refractivity contribution < 1.29 is 19.3 Å². The van der Waals surface area contributed by atoms with Crippen LogP contribution in [0.15, 0.2) is 65.9 Å². The molecule has 7 nitrogen and oxygen atoms in total. The maximum absolute atomic E-state index is 13.0. The number of oxime groups is 1. The third-order valence-corrected chi connectivity index (χ3v) is 5.45. The van der Waals surface area contributed by atoms with Gasteiger partial charge >= 0.3 is 5.97 Å². The summed E-state index contributed by atoms with van der Waals surface area (Å²) in [6.45, 7) is 5.99. The molecule has 0 N–H and O–H groups in total. The summed E-state index contributed by atoms with van der Waals surface area (Å²) in [5.41, 5.74) is 4.80. The fraction of sp³-hybridized carbons (Fsp3) is 0.333. The smallest absolute Gasteiger partial charge is 0.338 e. The number of nitro groups is 1. The number of hydrogen-bond donors (Lipinski definition) is 0. The van der Waals surface area contributed by atoms with Crippen LogP contribution in [0, 0.1) is 24.0 Å². The van der Waals surface area contributed by atoms with E-state index in [-0.39, 0.29) is 24.4 Å². The molecule has 1 unspecified atom stereocenters. The summed E-state index contributed by atoms with van der Waals surface area (Å²) in [5.74, 6) is -0.333. The van der Waals surface area contributed by atoms with Gasteiger partial charge in [0, 0.05) is 25.0 Å². The van der Waals surface area contributed by atoms with Crippen molar-refractivity contribution in [3.8, 4) is 0 Å². The van der Waals surface area contributed by atoms with E-state index < -0.39 is 4.92 Å². The Kier molecular flexibility index (Phi) is 8.73. The fourth-order valence-electron chi connectivity index (χ4n) is 3.81. The number of non-ortho nitro benzene ring substituents is 1. The number of carbonyl (C=O) groups is 1. The first-order valence-corrected chi connectivity index (χ1v) is 11.4. The number of benzene rings is 2. The zero-order valence-electron chi connectivity index (χ0n) is 19.8. The zero-order valence-corrected chi connectivity index (χ0v) is 19.8. The Bertz CT molecular complexity index is 1120. The van der Waals surface area contributed by atoms with Crippen LogP contribution in [0.4, 0.5) is 5.69 Å². The summed E-state index contributed by atoms with van der Waals surface area (Å²) in [6, 6.07) is 10.1. The maximum Gasteiger partial charge on any atom is 0.338 e. The summed E-state index contributed by atoms with van der Waals surface area (Å²) in [4.78, 5) is 29.0. The lowest BCUT2D eigenvalue weighted by atomic mass is 9.95. The maximum atomic E-state index is 13.0. The second-order valence-electron chi connectivity index (χ2n) is 8.48. The molecule has 1 aliphatic heterocycles. The Hall–Kier alpha value is -3.74. The summed E-state index contributed by atoms with van der Waals surface area (Å²) >= 11 is 0. The molecule has 1 atom stereocenters. The number of allylic oxidation sites excluding steroid dienone is 3. The van der Waals surface area contributed by atoms with Gasteiger partial charge in [0.25, 0.3) is 5.69 Å². The molecule has 2 aromatic carbocycles. The average Bonchev–Trinajstić information content (AvgIpc) is 2.77. The summed E-state index contributed by atoms with van der Waals surface area (Å²) in [6.07, 6.45) is 10.7. The van der Waals surface area contributed by atoms with Crippen molar-refractivity contribution in [2.75, 3.05) is 0 Å². The minimum atomic E-state index is -0.437. The second kappa shape index (κ2) is 11.9. The molecule has 3 rings (SSSR count). The van der Waals surface area contributed by atoms with Crippen molar-refractivity contribution in [3.05, 3.63) is 98.6 Å². The molecule has 0 saturated heterocycles. The van der Waals surface area contributed by atoms with E-state index in [2.05, 4.69) is 11.2 Å². The van der Waals surface area contributed by atoms with E-state index >= 15 is 0 Å². The van der Waals surface area contributed by atoms with Crippen LogP contribution in [0.1, 0.15) is 58.8 Å². The van der Waals surface area contributed by atoms with Gasteiger partial charge in [0.2, 0.25) is 0 Å². The molecule has 178 valence electrons. The van der Waals surface area contributed by atoms with Crippen LogP contribution in [0.25, 0.3) is 0 Å². The van der Waals surface area contributed by atoms with Crippen LogP contribution >= 0.6 is 0 Å². The van der Waals surface area contributed by atoms with Gasteiger partial charge in [-0.2, -0.15) is 0 Å². The largest absolute Gasteiger partial charge is 0.459 e. The molecule has 0 bridgehead atoms. The number of nitrogens with zero attached hydrogens (tertiary/aromatic N) is 2. The Morgan fingerprint density at radius 1 is 1.12 bits per heavy atom. The van der Waals surface area contributed by atoms with Crippen molar-refractivity contribution in [1.29, 1.82) is 0 Å². The first kappa shape index (κ1) is 24.9. The first-order chi connectivity index (χ1) is 16.3. The van der Waals surface area contributed by atoms with Crippen molar-refractivity contribution >= 4 is 17.4 Å². The van der Waals surface area contributed by atoms with Crippen LogP contribution < -0.4 is 0 Å². The number of carbonyl (C=O) groups excluding carboxylic acids is 1. The van der Waals surface area contributed by atoms with Crippen LogP contribution in [0.2, 0.25) is 0 Å². The summed E-state index contributed by atoms with van der Waals surface area (Å²) in [5, 5.41) is 15.2. The Balaban J connectivity index is 1.87. The molecule has 1 heterocycles. The molecule has 0 aliphatic carbocycles. The van der Waals surface area contributed by atoms with Crippen LogP contribution in [0.3, 0.4) is 0 Å². The summed E-state index contributed by atoms with van der Waals surface area (Å²) in [7, 11) is 0. The van der Waals surface area contributed by atoms with Crippen LogP contribution in [0.5, 0.6) is 0 Å². The number of hydrogen-bond acceptors (Lipinski definition) is 6. The van der Waals surface area contributed by atoms with Crippen molar-refractivity contribution in [2.24, 2.45) is 5.16 Å². The van der Waals surface area contributed by atoms with Gasteiger partial charge in [-0.1, -0.05) is 41.1 Å². The van der Waals surface area contributed by atoms with Gasteiger partial charge in [0.1, 0.15) is 12.7 Å². The lowest BCUT2D eigenvalue weighted by Crippen LogP contribution is -2.18. The topological polar surface area (TPSA) is 91.0 Å². The highest BCUT2D eigenvalue weighted by Crippen LogP contribution is 2.21. The molecular weight excluding hydrogens is 432 g/mol. The molecular formula is C27H30N2O5. The minimum Gasteiger partial charge on any atom is -0.459 e. The van der Waals surface area contributed by atoms with Gasteiger partial charge < -0.3 is 9.57 Å². The lowest BCUT2D eigenvalue weighted by molar-refractivity contribution is -0.384. The third-order valence-electron chi connectivity index (χ3n) is 5.45. The number of ether oxygens (including phenoxy) is 1. The minimum absolute atomic E-state index is 0.0293. The van der Waals surface area contributed by atoms with Crippen LogP contribution in [-0.4, -0.2) is 22.7 Å². The van der Waals surface area contributed by atoms with Gasteiger partial charge in [-0.15, -0.1) is 0 Å². The standard InChI is InChI=1S/C27H30N2O5/c1-19-15-20(2)26-23(16-19)17-24(10-8-6-4-5-7-9-21(3)34-27(26)30)28-33-18-22-11-13-25(14-12-22)29(31)32/h5,7-8,10-16,21H,4,6,9,17-18H2,1-3H3/b7-5+,10-8+,28-24+. The van der Waals surface area contributed by atoms with Crippen molar-refractivity contribution in [2.45, 2.75) is 59.2 Å². The zero-order chi connectivity index (χ0) is 24.5. The highest BCUT2D eigenvalue weighted by molar-refractivity contribution is 5.99. The van der Waals surface area contributed by atoms with E-state index in [0.717, 1.165) is 35.1 Å². The highest BCUT2D eigenvalue weighted by Gasteiger charge is 2.20. The molecule has 0 amide bonds. The monoisotopic (exact) mass is 462 g/mol. The number of nitro benzene ring substituents is 1. The Morgan fingerprint density at radius 3 is 2.59 bits per heavy atom. The quantitative estimate of drug-likeness (QED) is 0.235. The van der Waals surface area contributed by atoms with Gasteiger partial charge in [-0.25, -0.2) is 4.79 Å². The average molecular weight is 463 g/mol. The predicted octanol–water partition coefficient (Wildman–Crippen LogP) is 6.17. The number of cyclic esters (lactones) is 1. The number of esters is 1.